The normalized spacial score (nSPS) is 20.0. The van der Waals surface area contributed by atoms with E-state index in [1.807, 2.05) is 0 Å². The Labute approximate surface area is 88.5 Å². The molecule has 1 aromatic heterocycles. The molecule has 0 bridgehead atoms. The molecule has 0 radical (unpaired) electrons. The summed E-state index contributed by atoms with van der Waals surface area (Å²) in [7, 11) is 0. The highest BCUT2D eigenvalue weighted by Crippen LogP contribution is 2.41. The van der Waals surface area contributed by atoms with Gasteiger partial charge in [-0.15, -0.1) is 0 Å². The Bertz CT molecular complexity index is 418. The molecule has 1 amide bonds. The fraction of sp³-hybridized carbons (Fsp3) is 0.636. The van der Waals surface area contributed by atoms with Gasteiger partial charge in [-0.25, -0.2) is 4.98 Å². The van der Waals surface area contributed by atoms with Gasteiger partial charge >= 0.3 is 0 Å². The fourth-order valence-corrected chi connectivity index (χ4v) is 2.42. The van der Waals surface area contributed by atoms with Gasteiger partial charge in [0.25, 0.3) is 5.91 Å². The van der Waals surface area contributed by atoms with Crippen LogP contribution in [0.4, 0.5) is 0 Å². The van der Waals surface area contributed by atoms with Gasteiger partial charge in [0.2, 0.25) is 0 Å². The molecule has 1 aliphatic carbocycles. The summed E-state index contributed by atoms with van der Waals surface area (Å²) in [6.07, 6.45) is 5.73. The highest BCUT2D eigenvalue weighted by Gasteiger charge is 2.32. The van der Waals surface area contributed by atoms with E-state index in [0.29, 0.717) is 11.6 Å². The Hall–Kier alpha value is -1.32. The maximum Gasteiger partial charge on any atom is 0.269 e. The van der Waals surface area contributed by atoms with Crippen molar-refractivity contribution in [2.24, 2.45) is 5.73 Å². The van der Waals surface area contributed by atoms with Gasteiger partial charge in [-0.05, 0) is 32.1 Å². The van der Waals surface area contributed by atoms with Gasteiger partial charge < -0.3 is 10.3 Å². The molecular weight excluding hydrogens is 190 g/mol. The minimum absolute atomic E-state index is 0.368. The third kappa shape index (κ3) is 1.35. The number of carbonyl (C=O) groups excluding carboxylic acids is 1. The second kappa shape index (κ2) is 3.08. The molecule has 1 aliphatic heterocycles. The second-order valence-electron chi connectivity index (χ2n) is 4.51. The fourth-order valence-electron chi connectivity index (χ4n) is 2.42. The Morgan fingerprint density at radius 1 is 1.40 bits per heavy atom. The molecule has 1 fully saturated rings. The zero-order valence-electron chi connectivity index (χ0n) is 8.70. The zero-order valence-corrected chi connectivity index (χ0v) is 8.70. The maximum absolute atomic E-state index is 11.3. The lowest BCUT2D eigenvalue weighted by atomic mass is 10.1. The van der Waals surface area contributed by atoms with Crippen LogP contribution in [0, 0.1) is 0 Å². The van der Waals surface area contributed by atoms with Crippen LogP contribution in [-0.2, 0) is 13.0 Å². The molecule has 2 aliphatic rings. The van der Waals surface area contributed by atoms with Crippen LogP contribution in [0.3, 0.4) is 0 Å². The Morgan fingerprint density at radius 2 is 2.20 bits per heavy atom. The van der Waals surface area contributed by atoms with Crippen molar-refractivity contribution >= 4 is 5.91 Å². The first-order valence-corrected chi connectivity index (χ1v) is 5.66. The summed E-state index contributed by atoms with van der Waals surface area (Å²) in [5.74, 6) is 1.33. The average molecular weight is 205 g/mol. The number of nitrogens with zero attached hydrogens (tertiary/aromatic N) is 2. The van der Waals surface area contributed by atoms with Crippen molar-refractivity contribution in [1.82, 2.24) is 9.55 Å². The molecule has 0 spiro atoms. The highest BCUT2D eigenvalue weighted by molar-refractivity contribution is 5.92. The van der Waals surface area contributed by atoms with E-state index in [0.717, 1.165) is 30.9 Å². The van der Waals surface area contributed by atoms with Gasteiger partial charge in [0, 0.05) is 12.5 Å². The lowest BCUT2D eigenvalue weighted by molar-refractivity contribution is 0.0994. The summed E-state index contributed by atoms with van der Waals surface area (Å²) >= 11 is 0. The summed E-state index contributed by atoms with van der Waals surface area (Å²) in [4.78, 5) is 15.7. The van der Waals surface area contributed by atoms with E-state index >= 15 is 0 Å². The molecule has 15 heavy (non-hydrogen) atoms. The molecule has 80 valence electrons. The van der Waals surface area contributed by atoms with E-state index in [-0.39, 0.29) is 5.91 Å². The maximum atomic E-state index is 11.3. The van der Waals surface area contributed by atoms with Gasteiger partial charge in [0.1, 0.15) is 11.5 Å². The molecule has 0 saturated heterocycles. The van der Waals surface area contributed by atoms with Crippen molar-refractivity contribution in [3.8, 4) is 0 Å². The number of amides is 1. The number of hydrogen-bond acceptors (Lipinski definition) is 2. The molecule has 1 saturated carbocycles. The second-order valence-corrected chi connectivity index (χ2v) is 4.51. The smallest absolute Gasteiger partial charge is 0.269 e. The number of fused-ring (bicyclic) bond motifs is 1. The van der Waals surface area contributed by atoms with E-state index in [1.54, 1.807) is 0 Å². The van der Waals surface area contributed by atoms with Gasteiger partial charge in [-0.2, -0.15) is 0 Å². The topological polar surface area (TPSA) is 60.9 Å². The van der Waals surface area contributed by atoms with Gasteiger partial charge in [-0.1, -0.05) is 0 Å². The average Bonchev–Trinajstić information content (AvgIpc) is 2.99. The zero-order chi connectivity index (χ0) is 10.4. The van der Waals surface area contributed by atoms with E-state index in [1.165, 1.54) is 19.3 Å². The van der Waals surface area contributed by atoms with E-state index in [2.05, 4.69) is 9.55 Å². The number of hydrogen-bond donors (Lipinski definition) is 1. The first-order chi connectivity index (χ1) is 7.27. The molecule has 0 unspecified atom stereocenters. The van der Waals surface area contributed by atoms with Crippen LogP contribution >= 0.6 is 0 Å². The summed E-state index contributed by atoms with van der Waals surface area (Å²) in [5.41, 5.74) is 6.96. The molecule has 3 rings (SSSR count). The van der Waals surface area contributed by atoms with Crippen LogP contribution in [0.25, 0.3) is 0 Å². The Balaban J connectivity index is 2.11. The first kappa shape index (κ1) is 8.95. The van der Waals surface area contributed by atoms with Crippen LogP contribution in [0.5, 0.6) is 0 Å². The summed E-state index contributed by atoms with van der Waals surface area (Å²) in [5, 5.41) is 0. The van der Waals surface area contributed by atoms with Crippen LogP contribution < -0.4 is 5.73 Å². The van der Waals surface area contributed by atoms with Gasteiger partial charge in [0.05, 0.1) is 5.69 Å². The summed E-state index contributed by atoms with van der Waals surface area (Å²) in [6.45, 7) is 1.02. The van der Waals surface area contributed by atoms with Crippen molar-refractivity contribution in [3.05, 3.63) is 17.2 Å². The molecule has 2 N–H and O–H groups in total. The third-order valence-corrected chi connectivity index (χ3v) is 3.32. The summed E-state index contributed by atoms with van der Waals surface area (Å²) in [6, 6.07) is 0. The lowest BCUT2D eigenvalue weighted by Gasteiger charge is -2.16. The standard InChI is InChI=1S/C11H15N3O/c12-10(15)9-8-3-1-2-6-14(8)11(13-9)7-4-5-7/h7H,1-6H2,(H2,12,15). The number of imidazole rings is 1. The van der Waals surface area contributed by atoms with Gasteiger partial charge in [-0.3, -0.25) is 4.79 Å². The van der Waals surface area contributed by atoms with Crippen molar-refractivity contribution in [1.29, 1.82) is 0 Å². The number of nitrogens with two attached hydrogens (primary N) is 1. The molecule has 0 atom stereocenters. The van der Waals surface area contributed by atoms with E-state index < -0.39 is 0 Å². The van der Waals surface area contributed by atoms with E-state index in [4.69, 9.17) is 5.73 Å². The van der Waals surface area contributed by atoms with Crippen LogP contribution in [0.15, 0.2) is 0 Å². The molecular formula is C11H15N3O. The number of rotatable bonds is 2. The summed E-state index contributed by atoms with van der Waals surface area (Å²) < 4.78 is 2.24. The number of primary amides is 1. The predicted octanol–water partition coefficient (Wildman–Crippen LogP) is 1.20. The number of aromatic nitrogens is 2. The Morgan fingerprint density at radius 3 is 2.87 bits per heavy atom. The van der Waals surface area contributed by atoms with Crippen LogP contribution in [0.2, 0.25) is 0 Å². The molecule has 0 aromatic carbocycles. The van der Waals surface area contributed by atoms with Crippen molar-refractivity contribution in [2.45, 2.75) is 44.6 Å². The molecule has 2 heterocycles. The van der Waals surface area contributed by atoms with Crippen molar-refractivity contribution < 1.29 is 4.79 Å². The van der Waals surface area contributed by atoms with Crippen LogP contribution in [-0.4, -0.2) is 15.5 Å². The third-order valence-electron chi connectivity index (χ3n) is 3.32. The Kier molecular flexibility index (Phi) is 1.84. The first-order valence-electron chi connectivity index (χ1n) is 5.66. The van der Waals surface area contributed by atoms with E-state index in [9.17, 15) is 4.79 Å². The predicted molar refractivity (Wildman–Crippen MR) is 55.7 cm³/mol. The quantitative estimate of drug-likeness (QED) is 0.788. The highest BCUT2D eigenvalue weighted by atomic mass is 16.1. The lowest BCUT2D eigenvalue weighted by Crippen LogP contribution is -2.17. The van der Waals surface area contributed by atoms with Crippen molar-refractivity contribution in [3.63, 3.8) is 0 Å². The monoisotopic (exact) mass is 205 g/mol. The van der Waals surface area contributed by atoms with Gasteiger partial charge in [0.15, 0.2) is 0 Å². The minimum atomic E-state index is -0.368. The molecule has 4 nitrogen and oxygen atoms in total. The SMILES string of the molecule is NC(=O)c1nc(C2CC2)n2c1CCCC2. The molecule has 4 heteroatoms. The molecule has 1 aromatic rings. The van der Waals surface area contributed by atoms with Crippen LogP contribution in [0.1, 0.15) is 53.6 Å². The largest absolute Gasteiger partial charge is 0.364 e. The number of carbonyl (C=O) groups is 1. The minimum Gasteiger partial charge on any atom is -0.364 e. The van der Waals surface area contributed by atoms with Crippen molar-refractivity contribution in [2.75, 3.05) is 0 Å².